The number of halogens is 4. The predicted octanol–water partition coefficient (Wildman–Crippen LogP) is 7.51. The summed E-state index contributed by atoms with van der Waals surface area (Å²) >= 11 is 9.53. The number of hydrogen-bond donors (Lipinski definition) is 4. The number of aliphatic carboxylic acids is 1. The predicted molar refractivity (Wildman–Crippen MR) is 220 cm³/mol. The van der Waals surface area contributed by atoms with Crippen LogP contribution in [0.3, 0.4) is 0 Å². The van der Waals surface area contributed by atoms with E-state index in [4.69, 9.17) is 59.1 Å². The van der Waals surface area contributed by atoms with Crippen LogP contribution in [-0.2, 0) is 37.1 Å². The van der Waals surface area contributed by atoms with Gasteiger partial charge in [0.15, 0.2) is 0 Å². The van der Waals surface area contributed by atoms with E-state index in [2.05, 4.69) is 0 Å². The molecule has 5 N–H and O–H groups in total. The normalized spacial score (nSPS) is 21.8. The largest absolute Gasteiger partial charge is 1.00 e. The fourth-order valence-electron chi connectivity index (χ4n) is 7.26. The van der Waals surface area contributed by atoms with Crippen LogP contribution in [0.5, 0.6) is 0 Å². The van der Waals surface area contributed by atoms with Crippen LogP contribution < -0.4 is 29.6 Å². The van der Waals surface area contributed by atoms with Gasteiger partial charge in [-0.15, -0.1) is 23.2 Å². The van der Waals surface area contributed by atoms with Crippen molar-refractivity contribution in [2.75, 3.05) is 32.4 Å². The Kier molecular flexibility index (Phi) is 39.4. The van der Waals surface area contributed by atoms with Crippen molar-refractivity contribution in [2.45, 2.75) is 110 Å². The molecule has 5 rings (SSSR count). The SMILES string of the molecule is CO.ClCCl.O=C(O)C1CCC(CCF)CC1.O=C(OCc1ccccc1)C1CCC(CCF)CC1.O=C(OCc1ccccc1)C1CCC(CCO)CC1.[NH-]O.[Na+]. The minimum atomic E-state index is -0.686. The Morgan fingerprint density at radius 2 is 0.897 bits per heavy atom. The number of benzene rings is 2. The van der Waals surface area contributed by atoms with Crippen LogP contribution >= 0.6 is 23.2 Å². The van der Waals surface area contributed by atoms with Crippen molar-refractivity contribution < 1.29 is 82.7 Å². The molecule has 15 heteroatoms. The summed E-state index contributed by atoms with van der Waals surface area (Å²) in [4.78, 5) is 34.4. The summed E-state index contributed by atoms with van der Waals surface area (Å²) < 4.78 is 34.9. The van der Waals surface area contributed by atoms with Gasteiger partial charge in [0, 0.05) is 13.7 Å². The first-order chi connectivity index (χ1) is 27.7. The number of hydrogen-bond acceptors (Lipinski definition) is 8. The van der Waals surface area contributed by atoms with Gasteiger partial charge in [0.1, 0.15) is 13.2 Å². The maximum Gasteiger partial charge on any atom is 1.00 e. The third-order valence-corrected chi connectivity index (χ3v) is 10.6. The Morgan fingerprint density at radius 1 is 0.603 bits per heavy atom. The van der Waals surface area contributed by atoms with E-state index < -0.39 is 5.97 Å². The molecule has 0 aliphatic heterocycles. The number of esters is 2. The van der Waals surface area contributed by atoms with Crippen LogP contribution in [0.2, 0.25) is 0 Å². The smallest absolute Gasteiger partial charge is 0.553 e. The van der Waals surface area contributed by atoms with Crippen molar-refractivity contribution in [1.29, 1.82) is 0 Å². The van der Waals surface area contributed by atoms with Crippen LogP contribution in [0.15, 0.2) is 60.7 Å². The van der Waals surface area contributed by atoms with E-state index >= 15 is 0 Å². The molecule has 0 bridgehead atoms. The monoisotopic (exact) mass is 871 g/mol. The summed E-state index contributed by atoms with van der Waals surface area (Å²) in [5, 5.41) is 31.0. The Labute approximate surface area is 376 Å². The van der Waals surface area contributed by atoms with Gasteiger partial charge >= 0.3 is 47.5 Å². The number of carboxylic acid groups (broad SMARTS) is 1. The molecule has 0 saturated heterocycles. The molecule has 0 heterocycles. The third-order valence-electron chi connectivity index (χ3n) is 10.6. The van der Waals surface area contributed by atoms with Gasteiger partial charge in [-0.1, -0.05) is 60.7 Å². The first kappa shape index (κ1) is 58.2. The molecular weight excluding hydrogens is 806 g/mol. The molecule has 3 fully saturated rings. The van der Waals surface area contributed by atoms with E-state index in [1.807, 2.05) is 60.7 Å². The van der Waals surface area contributed by atoms with E-state index in [1.165, 1.54) is 0 Å². The first-order valence-electron chi connectivity index (χ1n) is 19.9. The Bertz CT molecular complexity index is 1180. The van der Waals surface area contributed by atoms with Gasteiger partial charge < -0.3 is 35.9 Å². The Hall–Kier alpha value is -1.87. The minimum absolute atomic E-state index is 0. The van der Waals surface area contributed by atoms with Crippen molar-refractivity contribution >= 4 is 41.1 Å². The quantitative estimate of drug-likeness (QED) is 0.0688. The molecule has 0 spiro atoms. The summed E-state index contributed by atoms with van der Waals surface area (Å²) in [6, 6.07) is 19.5. The zero-order valence-corrected chi connectivity index (χ0v) is 37.9. The van der Waals surface area contributed by atoms with E-state index in [9.17, 15) is 23.2 Å². The minimum Gasteiger partial charge on any atom is -0.553 e. The van der Waals surface area contributed by atoms with Crippen LogP contribution in [0.1, 0.15) is 107 Å². The number of alkyl halides is 4. The molecule has 0 unspecified atom stereocenters. The Balaban J connectivity index is 0. The standard InChI is InChI=1S/C16H21FO2.C16H22O3.C9H15FO2.CH2Cl2.CH4O.H2NO.Na/c2*17-11-10-13-6-8-15(9-7-13)16(18)19-12-14-4-2-1-3-5-14;10-6-5-7-1-3-8(4-2-7)9(11)12;2-1-3;2*1-2;/h1-5,13,15H,6-12H2;1-5,13,15,17H,6-12H2;7-8H,1-6H2,(H,11,12);1H2;2H,1H3;1-2H;/q;;;;;-1;+1. The first-order valence-corrected chi connectivity index (χ1v) is 21.0. The average Bonchev–Trinajstić information content (AvgIpc) is 3.26. The fourth-order valence-corrected chi connectivity index (χ4v) is 7.26. The Morgan fingerprint density at radius 3 is 1.17 bits per heavy atom. The summed E-state index contributed by atoms with van der Waals surface area (Å²) in [7, 11) is 1.00. The molecule has 0 aromatic heterocycles. The summed E-state index contributed by atoms with van der Waals surface area (Å²) in [6.07, 6.45) is 12.8. The van der Waals surface area contributed by atoms with Gasteiger partial charge in [-0.3, -0.25) is 23.2 Å². The van der Waals surface area contributed by atoms with Crippen LogP contribution in [0.4, 0.5) is 8.78 Å². The molecular formula is C43H66Cl2F2NNaO9. The topological polar surface area (TPSA) is 174 Å². The molecule has 326 valence electrons. The summed E-state index contributed by atoms with van der Waals surface area (Å²) in [5.74, 6) is 5.29. The van der Waals surface area contributed by atoms with Gasteiger partial charge in [0.2, 0.25) is 0 Å². The molecule has 0 atom stereocenters. The summed E-state index contributed by atoms with van der Waals surface area (Å²) in [6.45, 7) is 0.476. The maximum absolute atomic E-state index is 12.3. The van der Waals surface area contributed by atoms with Gasteiger partial charge in [-0.05, 0) is 125 Å². The number of rotatable bonds is 13. The molecule has 10 nitrogen and oxygen atoms in total. The van der Waals surface area contributed by atoms with E-state index in [0.29, 0.717) is 43.8 Å². The van der Waals surface area contributed by atoms with E-state index in [-0.39, 0.29) is 84.5 Å². The van der Waals surface area contributed by atoms with Gasteiger partial charge in [-0.25, -0.2) is 0 Å². The average molecular weight is 873 g/mol. The number of aliphatic hydroxyl groups excluding tert-OH is 2. The zero-order chi connectivity index (χ0) is 42.7. The van der Waals surface area contributed by atoms with Crippen LogP contribution in [-0.4, -0.2) is 70.8 Å². The molecule has 3 aliphatic carbocycles. The van der Waals surface area contributed by atoms with Gasteiger partial charge in [0.25, 0.3) is 0 Å². The van der Waals surface area contributed by atoms with Crippen LogP contribution in [0, 0.1) is 35.5 Å². The molecule has 2 aromatic carbocycles. The molecule has 3 saturated carbocycles. The molecule has 2 aromatic rings. The van der Waals surface area contributed by atoms with Crippen molar-refractivity contribution in [3.63, 3.8) is 0 Å². The number of carbonyl (C=O) groups is 3. The summed E-state index contributed by atoms with van der Waals surface area (Å²) in [5.41, 5.74) is 2.05. The second-order valence-electron chi connectivity index (χ2n) is 14.2. The van der Waals surface area contributed by atoms with E-state index in [1.54, 1.807) is 0 Å². The number of ether oxygens (including phenoxy) is 2. The second kappa shape index (κ2) is 39.3. The van der Waals surface area contributed by atoms with Gasteiger partial charge in [-0.2, -0.15) is 0 Å². The number of nitrogens with one attached hydrogen (secondary N) is 1. The van der Waals surface area contributed by atoms with Gasteiger partial charge in [0.05, 0.1) is 36.4 Å². The molecule has 3 aliphatic rings. The number of aliphatic hydroxyl groups is 2. The van der Waals surface area contributed by atoms with Crippen molar-refractivity contribution in [3.05, 3.63) is 77.7 Å². The van der Waals surface area contributed by atoms with Crippen molar-refractivity contribution in [1.82, 2.24) is 0 Å². The molecule has 0 amide bonds. The second-order valence-corrected chi connectivity index (χ2v) is 15.1. The number of carboxylic acids is 1. The molecule has 58 heavy (non-hydrogen) atoms. The maximum atomic E-state index is 12.3. The third kappa shape index (κ3) is 27.1. The fraction of sp³-hybridized carbons (Fsp3) is 0.651. The molecule has 0 radical (unpaired) electrons. The number of carbonyl (C=O) groups excluding carboxylic acids is 2. The zero-order valence-electron chi connectivity index (χ0n) is 34.4. The van der Waals surface area contributed by atoms with Crippen LogP contribution in [0.25, 0.3) is 5.90 Å². The van der Waals surface area contributed by atoms with Crippen molar-refractivity contribution in [2.24, 2.45) is 35.5 Å². The van der Waals surface area contributed by atoms with Crippen molar-refractivity contribution in [3.8, 4) is 0 Å². The van der Waals surface area contributed by atoms with E-state index in [0.717, 1.165) is 102 Å².